The van der Waals surface area contributed by atoms with Crippen LogP contribution in [0.3, 0.4) is 0 Å². The second-order valence-electron chi connectivity index (χ2n) is 6.14. The average Bonchev–Trinajstić information content (AvgIpc) is 2.62. The molecule has 1 unspecified atom stereocenters. The number of amides is 1. The van der Waals surface area contributed by atoms with Crippen molar-refractivity contribution >= 4 is 5.91 Å². The summed E-state index contributed by atoms with van der Waals surface area (Å²) >= 11 is 0. The van der Waals surface area contributed by atoms with Gasteiger partial charge >= 0.3 is 0 Å². The van der Waals surface area contributed by atoms with Gasteiger partial charge in [-0.25, -0.2) is 0 Å². The first kappa shape index (κ1) is 15.7. The molecular formula is C19H22N2O2. The lowest BCUT2D eigenvalue weighted by molar-refractivity contribution is 0.0620. The molecule has 3 rings (SSSR count). The Kier molecular flexibility index (Phi) is 4.72. The predicted octanol–water partition coefficient (Wildman–Crippen LogP) is 2.90. The van der Waals surface area contributed by atoms with Gasteiger partial charge < -0.3 is 10.0 Å². The fraction of sp³-hybridized carbons (Fsp3) is 0.368. The van der Waals surface area contributed by atoms with Crippen LogP contribution >= 0.6 is 0 Å². The summed E-state index contributed by atoms with van der Waals surface area (Å²) in [5.41, 5.74) is 3.56. The Labute approximate surface area is 136 Å². The Morgan fingerprint density at radius 3 is 2.91 bits per heavy atom. The van der Waals surface area contributed by atoms with Crippen molar-refractivity contribution in [2.24, 2.45) is 5.92 Å². The first-order valence-electron chi connectivity index (χ1n) is 8.12. The SMILES string of the molecule is Cc1c(C(=O)N2CCCC(CO)C2)cccc1-c1ccccn1. The molecule has 0 aliphatic carbocycles. The lowest BCUT2D eigenvalue weighted by Gasteiger charge is -2.32. The Bertz CT molecular complexity index is 685. The van der Waals surface area contributed by atoms with E-state index < -0.39 is 0 Å². The van der Waals surface area contributed by atoms with Gasteiger partial charge in [0.15, 0.2) is 0 Å². The molecule has 1 atom stereocenters. The summed E-state index contributed by atoms with van der Waals surface area (Å²) in [6.07, 6.45) is 3.71. The number of rotatable bonds is 3. The van der Waals surface area contributed by atoms with Gasteiger partial charge in [-0.2, -0.15) is 0 Å². The van der Waals surface area contributed by atoms with Crippen molar-refractivity contribution in [2.45, 2.75) is 19.8 Å². The molecule has 1 aromatic carbocycles. The van der Waals surface area contributed by atoms with E-state index in [1.165, 1.54) is 0 Å². The van der Waals surface area contributed by atoms with Gasteiger partial charge in [-0.1, -0.05) is 18.2 Å². The molecule has 1 fully saturated rings. The number of aliphatic hydroxyl groups is 1. The highest BCUT2D eigenvalue weighted by Gasteiger charge is 2.25. The van der Waals surface area contributed by atoms with Gasteiger partial charge in [-0.15, -0.1) is 0 Å². The number of carbonyl (C=O) groups excluding carboxylic acids is 1. The third-order valence-electron chi connectivity index (χ3n) is 4.57. The monoisotopic (exact) mass is 310 g/mol. The number of hydrogen-bond donors (Lipinski definition) is 1. The average molecular weight is 310 g/mol. The van der Waals surface area contributed by atoms with Gasteiger partial charge in [0.2, 0.25) is 0 Å². The van der Waals surface area contributed by atoms with Gasteiger partial charge in [-0.05, 0) is 49.4 Å². The van der Waals surface area contributed by atoms with E-state index in [4.69, 9.17) is 0 Å². The minimum atomic E-state index is 0.0541. The van der Waals surface area contributed by atoms with Crippen LogP contribution in [0.25, 0.3) is 11.3 Å². The van der Waals surface area contributed by atoms with Crippen molar-refractivity contribution in [1.82, 2.24) is 9.88 Å². The fourth-order valence-electron chi connectivity index (χ4n) is 3.24. The highest BCUT2D eigenvalue weighted by molar-refractivity contribution is 5.97. The van der Waals surface area contributed by atoms with Crippen molar-refractivity contribution in [3.8, 4) is 11.3 Å². The molecule has 23 heavy (non-hydrogen) atoms. The Morgan fingerprint density at radius 2 is 2.17 bits per heavy atom. The van der Waals surface area contributed by atoms with E-state index in [9.17, 15) is 9.90 Å². The maximum Gasteiger partial charge on any atom is 0.254 e. The summed E-state index contributed by atoms with van der Waals surface area (Å²) in [5, 5.41) is 9.36. The molecule has 0 spiro atoms. The van der Waals surface area contributed by atoms with E-state index in [0.717, 1.165) is 41.8 Å². The molecule has 120 valence electrons. The molecule has 1 aliphatic heterocycles. The quantitative estimate of drug-likeness (QED) is 0.948. The van der Waals surface area contributed by atoms with Crippen molar-refractivity contribution in [2.75, 3.05) is 19.7 Å². The zero-order chi connectivity index (χ0) is 16.2. The largest absolute Gasteiger partial charge is 0.396 e. The molecule has 1 aliphatic rings. The first-order chi connectivity index (χ1) is 11.2. The Morgan fingerprint density at radius 1 is 1.30 bits per heavy atom. The topological polar surface area (TPSA) is 53.4 Å². The fourth-order valence-corrected chi connectivity index (χ4v) is 3.24. The summed E-state index contributed by atoms with van der Waals surface area (Å²) in [4.78, 5) is 19.1. The van der Waals surface area contributed by atoms with E-state index in [2.05, 4.69) is 4.98 Å². The molecule has 1 aromatic heterocycles. The third-order valence-corrected chi connectivity index (χ3v) is 4.57. The molecular weight excluding hydrogens is 288 g/mol. The summed E-state index contributed by atoms with van der Waals surface area (Å²) < 4.78 is 0. The lowest BCUT2D eigenvalue weighted by Crippen LogP contribution is -2.41. The molecule has 4 nitrogen and oxygen atoms in total. The zero-order valence-corrected chi connectivity index (χ0v) is 13.4. The van der Waals surface area contributed by atoms with Crippen molar-refractivity contribution in [3.05, 3.63) is 53.7 Å². The summed E-state index contributed by atoms with van der Waals surface area (Å²) in [7, 11) is 0. The van der Waals surface area contributed by atoms with Crippen LogP contribution in [0.2, 0.25) is 0 Å². The number of pyridine rings is 1. The smallest absolute Gasteiger partial charge is 0.254 e. The van der Waals surface area contributed by atoms with E-state index in [1.807, 2.05) is 48.2 Å². The van der Waals surface area contributed by atoms with Crippen LogP contribution in [0.15, 0.2) is 42.6 Å². The number of aromatic nitrogens is 1. The van der Waals surface area contributed by atoms with Crippen LogP contribution < -0.4 is 0 Å². The Balaban J connectivity index is 1.90. The van der Waals surface area contributed by atoms with Gasteiger partial charge in [0, 0.05) is 37.0 Å². The summed E-state index contributed by atoms with van der Waals surface area (Å²) in [6.45, 7) is 3.53. The number of aliphatic hydroxyl groups excluding tert-OH is 1. The maximum absolute atomic E-state index is 12.9. The molecule has 1 amide bonds. The van der Waals surface area contributed by atoms with Crippen LogP contribution in [0.5, 0.6) is 0 Å². The van der Waals surface area contributed by atoms with E-state index in [0.29, 0.717) is 6.54 Å². The second-order valence-corrected chi connectivity index (χ2v) is 6.14. The predicted molar refractivity (Wildman–Crippen MR) is 90.1 cm³/mol. The van der Waals surface area contributed by atoms with Gasteiger partial charge in [0.05, 0.1) is 5.69 Å². The first-order valence-corrected chi connectivity index (χ1v) is 8.12. The van der Waals surface area contributed by atoms with Crippen LogP contribution in [0.4, 0.5) is 0 Å². The molecule has 2 aromatic rings. The highest BCUT2D eigenvalue weighted by Crippen LogP contribution is 2.26. The standard InChI is InChI=1S/C19H22N2O2/c1-14-16(18-9-2-3-10-20-18)7-4-8-17(14)19(23)21-11-5-6-15(12-21)13-22/h2-4,7-10,15,22H,5-6,11-13H2,1H3. The number of benzene rings is 1. The minimum Gasteiger partial charge on any atom is -0.396 e. The summed E-state index contributed by atoms with van der Waals surface area (Å²) in [5.74, 6) is 0.255. The number of hydrogen-bond acceptors (Lipinski definition) is 3. The third kappa shape index (κ3) is 3.27. The molecule has 0 radical (unpaired) electrons. The molecule has 2 heterocycles. The van der Waals surface area contributed by atoms with Crippen LogP contribution in [0.1, 0.15) is 28.8 Å². The number of carbonyl (C=O) groups is 1. The molecule has 0 saturated carbocycles. The van der Waals surface area contributed by atoms with Gasteiger partial charge in [0.25, 0.3) is 5.91 Å². The number of piperidine rings is 1. The molecule has 4 heteroatoms. The Hall–Kier alpha value is -2.20. The van der Waals surface area contributed by atoms with Crippen molar-refractivity contribution < 1.29 is 9.90 Å². The van der Waals surface area contributed by atoms with Gasteiger partial charge in [-0.3, -0.25) is 9.78 Å². The molecule has 1 N–H and O–H groups in total. The molecule has 1 saturated heterocycles. The van der Waals surface area contributed by atoms with Gasteiger partial charge in [0.1, 0.15) is 0 Å². The number of likely N-dealkylation sites (tertiary alicyclic amines) is 1. The van der Waals surface area contributed by atoms with Crippen molar-refractivity contribution in [1.29, 1.82) is 0 Å². The zero-order valence-electron chi connectivity index (χ0n) is 13.4. The van der Waals surface area contributed by atoms with Crippen molar-refractivity contribution in [3.63, 3.8) is 0 Å². The number of nitrogens with zero attached hydrogens (tertiary/aromatic N) is 2. The van der Waals surface area contributed by atoms with E-state index >= 15 is 0 Å². The molecule has 0 bridgehead atoms. The van der Waals surface area contributed by atoms with Crippen LogP contribution in [0, 0.1) is 12.8 Å². The highest BCUT2D eigenvalue weighted by atomic mass is 16.3. The van der Waals surface area contributed by atoms with E-state index in [1.54, 1.807) is 6.20 Å². The second kappa shape index (κ2) is 6.92. The minimum absolute atomic E-state index is 0.0541. The normalized spacial score (nSPS) is 18.0. The van der Waals surface area contributed by atoms with Crippen LogP contribution in [-0.4, -0.2) is 40.6 Å². The lowest BCUT2D eigenvalue weighted by atomic mass is 9.95. The maximum atomic E-state index is 12.9. The van der Waals surface area contributed by atoms with E-state index in [-0.39, 0.29) is 18.4 Å². The van der Waals surface area contributed by atoms with Crippen LogP contribution in [-0.2, 0) is 0 Å². The summed E-state index contributed by atoms with van der Waals surface area (Å²) in [6, 6.07) is 11.6.